The van der Waals surface area contributed by atoms with E-state index in [-0.39, 0.29) is 18.0 Å². The molecule has 17 heavy (non-hydrogen) atoms. The van der Waals surface area contributed by atoms with Crippen LogP contribution in [0.4, 0.5) is 4.39 Å². The van der Waals surface area contributed by atoms with Crippen molar-refractivity contribution in [3.8, 4) is 0 Å². The van der Waals surface area contributed by atoms with Gasteiger partial charge < -0.3 is 10.1 Å². The Bertz CT molecular complexity index is 391. The Labute approximate surface area is 100 Å². The van der Waals surface area contributed by atoms with Crippen molar-refractivity contribution in [3.63, 3.8) is 0 Å². The third-order valence-corrected chi connectivity index (χ3v) is 3.61. The van der Waals surface area contributed by atoms with Gasteiger partial charge in [0.1, 0.15) is 11.9 Å². The van der Waals surface area contributed by atoms with Crippen LogP contribution in [0.25, 0.3) is 0 Å². The predicted octanol–water partition coefficient (Wildman–Crippen LogP) is 2.05. The van der Waals surface area contributed by atoms with Crippen molar-refractivity contribution >= 4 is 0 Å². The van der Waals surface area contributed by atoms with Gasteiger partial charge in [-0.25, -0.2) is 4.39 Å². The molecule has 3 rings (SSSR count). The lowest BCUT2D eigenvalue weighted by molar-refractivity contribution is -0.0727. The van der Waals surface area contributed by atoms with Gasteiger partial charge in [0.2, 0.25) is 0 Å². The molecule has 0 aromatic carbocycles. The van der Waals surface area contributed by atoms with Crippen LogP contribution in [-0.2, 0) is 4.74 Å². The third-order valence-electron chi connectivity index (χ3n) is 3.61. The Morgan fingerprint density at radius 2 is 2.24 bits per heavy atom. The fourth-order valence-electron chi connectivity index (χ4n) is 2.39. The van der Waals surface area contributed by atoms with Gasteiger partial charge in [0.05, 0.1) is 18.0 Å². The number of aromatic nitrogens is 1. The lowest BCUT2D eigenvalue weighted by Gasteiger charge is -2.35. The normalized spacial score (nSPS) is 33.6. The molecule has 2 aliphatic rings. The molecular weight excluding hydrogens is 219 g/mol. The van der Waals surface area contributed by atoms with Crippen molar-refractivity contribution in [1.82, 2.24) is 10.3 Å². The number of morpholine rings is 1. The van der Waals surface area contributed by atoms with E-state index in [9.17, 15) is 4.39 Å². The molecule has 2 fully saturated rings. The van der Waals surface area contributed by atoms with Crippen LogP contribution in [0, 0.1) is 11.7 Å². The van der Waals surface area contributed by atoms with Crippen LogP contribution < -0.4 is 5.32 Å². The summed E-state index contributed by atoms with van der Waals surface area (Å²) in [6.07, 6.45) is 4.03. The zero-order chi connectivity index (χ0) is 11.8. The summed E-state index contributed by atoms with van der Waals surface area (Å²) in [4.78, 5) is 4.13. The first kappa shape index (κ1) is 11.1. The van der Waals surface area contributed by atoms with Gasteiger partial charge in [-0.05, 0) is 37.8 Å². The Morgan fingerprint density at radius 1 is 1.41 bits per heavy atom. The van der Waals surface area contributed by atoms with E-state index in [4.69, 9.17) is 4.74 Å². The first-order valence-corrected chi connectivity index (χ1v) is 6.24. The molecule has 1 aromatic rings. The smallest absolute Gasteiger partial charge is 0.141 e. The number of pyridine rings is 1. The molecule has 3 unspecified atom stereocenters. The minimum absolute atomic E-state index is 0.0602. The molecule has 1 saturated heterocycles. The zero-order valence-corrected chi connectivity index (χ0v) is 9.90. The molecule has 1 saturated carbocycles. The van der Waals surface area contributed by atoms with Gasteiger partial charge in [-0.3, -0.25) is 4.98 Å². The fraction of sp³-hybridized carbons (Fsp3) is 0.615. The largest absolute Gasteiger partial charge is 0.365 e. The molecule has 1 aliphatic heterocycles. The second-order valence-corrected chi connectivity index (χ2v) is 5.03. The molecule has 4 heteroatoms. The number of hydrogen-bond acceptors (Lipinski definition) is 3. The lowest BCUT2D eigenvalue weighted by atomic mass is 10.0. The minimum atomic E-state index is -0.302. The lowest BCUT2D eigenvalue weighted by Crippen LogP contribution is -2.47. The Balaban J connectivity index is 1.76. The molecule has 2 heterocycles. The average Bonchev–Trinajstić information content (AvgIpc) is 3.15. The van der Waals surface area contributed by atoms with Crippen molar-refractivity contribution < 1.29 is 9.13 Å². The monoisotopic (exact) mass is 236 g/mol. The van der Waals surface area contributed by atoms with E-state index in [1.807, 2.05) is 0 Å². The number of nitrogens with zero attached hydrogens (tertiary/aromatic N) is 1. The maximum Gasteiger partial charge on any atom is 0.141 e. The Morgan fingerprint density at radius 3 is 2.88 bits per heavy atom. The molecule has 1 aromatic heterocycles. The van der Waals surface area contributed by atoms with Crippen molar-refractivity contribution in [2.45, 2.75) is 38.0 Å². The highest BCUT2D eigenvalue weighted by molar-refractivity contribution is 5.11. The van der Waals surface area contributed by atoms with Crippen LogP contribution in [0.3, 0.4) is 0 Å². The van der Waals surface area contributed by atoms with Crippen molar-refractivity contribution in [3.05, 3.63) is 29.8 Å². The highest BCUT2D eigenvalue weighted by atomic mass is 19.1. The van der Waals surface area contributed by atoms with E-state index in [1.54, 1.807) is 6.07 Å². The fourth-order valence-corrected chi connectivity index (χ4v) is 2.39. The topological polar surface area (TPSA) is 34.1 Å². The minimum Gasteiger partial charge on any atom is -0.365 e. The van der Waals surface area contributed by atoms with E-state index >= 15 is 0 Å². The highest BCUT2D eigenvalue weighted by Crippen LogP contribution is 2.38. The highest BCUT2D eigenvalue weighted by Gasteiger charge is 2.38. The second-order valence-electron chi connectivity index (χ2n) is 5.03. The SMILES string of the molecule is CC1NCC(C2CC2)OC1c1ccc(F)cn1. The Kier molecular flexibility index (Phi) is 2.84. The summed E-state index contributed by atoms with van der Waals surface area (Å²) in [6, 6.07) is 3.38. The van der Waals surface area contributed by atoms with Gasteiger partial charge in [0.25, 0.3) is 0 Å². The summed E-state index contributed by atoms with van der Waals surface area (Å²) < 4.78 is 18.9. The van der Waals surface area contributed by atoms with E-state index in [1.165, 1.54) is 25.1 Å². The summed E-state index contributed by atoms with van der Waals surface area (Å²) in [5.74, 6) is 0.405. The van der Waals surface area contributed by atoms with Crippen LogP contribution in [0.1, 0.15) is 31.6 Å². The molecule has 3 nitrogen and oxygen atoms in total. The van der Waals surface area contributed by atoms with Gasteiger partial charge >= 0.3 is 0 Å². The van der Waals surface area contributed by atoms with Gasteiger partial charge in [-0.2, -0.15) is 0 Å². The third kappa shape index (κ3) is 2.33. The number of ether oxygens (including phenoxy) is 1. The Hall–Kier alpha value is -1.00. The van der Waals surface area contributed by atoms with Gasteiger partial charge in [0.15, 0.2) is 0 Å². The summed E-state index contributed by atoms with van der Waals surface area (Å²) in [6.45, 7) is 3.00. The summed E-state index contributed by atoms with van der Waals surface area (Å²) in [5, 5.41) is 3.46. The van der Waals surface area contributed by atoms with Gasteiger partial charge in [-0.1, -0.05) is 0 Å². The molecule has 0 bridgehead atoms. The molecule has 0 spiro atoms. The van der Waals surface area contributed by atoms with Crippen LogP contribution in [0.15, 0.2) is 18.3 Å². The van der Waals surface area contributed by atoms with E-state index < -0.39 is 0 Å². The van der Waals surface area contributed by atoms with Gasteiger partial charge in [0, 0.05) is 12.6 Å². The van der Waals surface area contributed by atoms with Crippen LogP contribution in [0.5, 0.6) is 0 Å². The molecule has 3 atom stereocenters. The molecular formula is C13H17FN2O. The summed E-state index contributed by atoms with van der Waals surface area (Å²) in [7, 11) is 0. The zero-order valence-electron chi connectivity index (χ0n) is 9.90. The molecule has 1 aliphatic carbocycles. The number of nitrogens with one attached hydrogen (secondary N) is 1. The molecule has 0 amide bonds. The standard InChI is InChI=1S/C13H17FN2O/c1-8-13(11-5-4-10(14)6-16-11)17-12(7-15-8)9-2-3-9/h4-6,8-9,12-13,15H,2-3,7H2,1H3. The average molecular weight is 236 g/mol. The van der Waals surface area contributed by atoms with E-state index in [0.717, 1.165) is 12.2 Å². The van der Waals surface area contributed by atoms with Crippen LogP contribution in [0.2, 0.25) is 0 Å². The number of hydrogen-bond donors (Lipinski definition) is 1. The molecule has 0 radical (unpaired) electrons. The van der Waals surface area contributed by atoms with Crippen molar-refractivity contribution in [1.29, 1.82) is 0 Å². The summed E-state index contributed by atoms with van der Waals surface area (Å²) in [5.41, 5.74) is 0.816. The van der Waals surface area contributed by atoms with E-state index in [0.29, 0.717) is 12.0 Å². The van der Waals surface area contributed by atoms with E-state index in [2.05, 4.69) is 17.2 Å². The van der Waals surface area contributed by atoms with Crippen LogP contribution in [-0.4, -0.2) is 23.7 Å². The number of rotatable bonds is 2. The molecule has 1 N–H and O–H groups in total. The maximum absolute atomic E-state index is 12.8. The number of halogens is 1. The van der Waals surface area contributed by atoms with Crippen molar-refractivity contribution in [2.24, 2.45) is 5.92 Å². The molecule has 92 valence electrons. The first-order valence-electron chi connectivity index (χ1n) is 6.24. The van der Waals surface area contributed by atoms with Crippen LogP contribution >= 0.6 is 0 Å². The van der Waals surface area contributed by atoms with Gasteiger partial charge in [-0.15, -0.1) is 0 Å². The quantitative estimate of drug-likeness (QED) is 0.853. The first-order chi connectivity index (χ1) is 8.24. The predicted molar refractivity (Wildman–Crippen MR) is 62.0 cm³/mol. The second kappa shape index (κ2) is 4.35. The summed E-state index contributed by atoms with van der Waals surface area (Å²) >= 11 is 0. The van der Waals surface area contributed by atoms with Crippen molar-refractivity contribution in [2.75, 3.05) is 6.54 Å². The maximum atomic E-state index is 12.8.